The van der Waals surface area contributed by atoms with Crippen molar-refractivity contribution >= 4 is 49.1 Å². The number of rotatable bonds is 0. The monoisotopic (exact) mass is 316 g/mol. The Labute approximate surface area is 119 Å². The van der Waals surface area contributed by atoms with Crippen LogP contribution in [0.3, 0.4) is 0 Å². The van der Waals surface area contributed by atoms with Gasteiger partial charge in [0.15, 0.2) is 0 Å². The maximum Gasteiger partial charge on any atom is 0.0629 e. The van der Waals surface area contributed by atoms with Crippen molar-refractivity contribution in [2.24, 2.45) is 0 Å². The lowest BCUT2D eigenvalue weighted by Gasteiger charge is -2.24. The van der Waals surface area contributed by atoms with Gasteiger partial charge in [-0.3, -0.25) is 0 Å². The SMILES string of the molecule is Clc1c(Br)c2c(c3cc4ccccc4cc13)CC2. The zero-order chi connectivity index (χ0) is 12.3. The Bertz CT molecular complexity index is 751. The Morgan fingerprint density at radius 2 is 1.50 bits per heavy atom. The van der Waals surface area contributed by atoms with Crippen LogP contribution in [0.2, 0.25) is 5.02 Å². The van der Waals surface area contributed by atoms with Crippen LogP contribution in [0.5, 0.6) is 0 Å². The maximum absolute atomic E-state index is 6.49. The Kier molecular flexibility index (Phi) is 2.24. The van der Waals surface area contributed by atoms with Gasteiger partial charge in [0, 0.05) is 9.86 Å². The Morgan fingerprint density at radius 1 is 0.889 bits per heavy atom. The van der Waals surface area contributed by atoms with E-state index in [0.717, 1.165) is 15.9 Å². The molecule has 3 aromatic carbocycles. The summed E-state index contributed by atoms with van der Waals surface area (Å²) in [6.07, 6.45) is 2.30. The molecule has 0 saturated carbocycles. The average molecular weight is 318 g/mol. The lowest BCUT2D eigenvalue weighted by molar-refractivity contribution is 0.845. The fraction of sp³-hybridized carbons (Fsp3) is 0.125. The molecule has 0 nitrogen and oxygen atoms in total. The minimum absolute atomic E-state index is 0.856. The molecule has 3 aromatic rings. The molecule has 0 saturated heterocycles. The summed E-state index contributed by atoms with van der Waals surface area (Å²) in [5, 5.41) is 5.88. The quantitative estimate of drug-likeness (QED) is 0.480. The number of aryl methyl sites for hydroxylation is 1. The molecule has 1 aliphatic carbocycles. The molecule has 0 heterocycles. The molecule has 0 aromatic heterocycles. The van der Waals surface area contributed by atoms with Crippen molar-refractivity contribution in [3.05, 3.63) is 57.0 Å². The van der Waals surface area contributed by atoms with Crippen molar-refractivity contribution in [1.29, 1.82) is 0 Å². The summed E-state index contributed by atoms with van der Waals surface area (Å²) < 4.78 is 1.09. The molecular weight excluding hydrogens is 308 g/mol. The van der Waals surface area contributed by atoms with Gasteiger partial charge in [0.2, 0.25) is 0 Å². The second-order valence-corrected chi connectivity index (χ2v) is 6.00. The number of benzene rings is 3. The minimum Gasteiger partial charge on any atom is -0.0824 e. The molecule has 88 valence electrons. The van der Waals surface area contributed by atoms with Gasteiger partial charge < -0.3 is 0 Å². The topological polar surface area (TPSA) is 0 Å². The van der Waals surface area contributed by atoms with Gasteiger partial charge in [-0.25, -0.2) is 0 Å². The highest BCUT2D eigenvalue weighted by atomic mass is 79.9. The summed E-state index contributed by atoms with van der Waals surface area (Å²) >= 11 is 10.1. The van der Waals surface area contributed by atoms with Gasteiger partial charge in [-0.05, 0) is 68.2 Å². The summed E-state index contributed by atoms with van der Waals surface area (Å²) in [6.45, 7) is 0. The summed E-state index contributed by atoms with van der Waals surface area (Å²) in [7, 11) is 0. The van der Waals surface area contributed by atoms with Crippen LogP contribution in [0.1, 0.15) is 11.1 Å². The molecule has 0 unspecified atom stereocenters. The predicted octanol–water partition coefficient (Wildman–Crippen LogP) is 5.51. The molecule has 0 fully saturated rings. The molecule has 0 radical (unpaired) electrons. The number of hydrogen-bond donors (Lipinski definition) is 0. The van der Waals surface area contributed by atoms with Gasteiger partial charge in [0.1, 0.15) is 0 Å². The van der Waals surface area contributed by atoms with Crippen LogP contribution in [0.4, 0.5) is 0 Å². The van der Waals surface area contributed by atoms with Crippen LogP contribution in [0.25, 0.3) is 21.5 Å². The molecule has 18 heavy (non-hydrogen) atoms. The second-order valence-electron chi connectivity index (χ2n) is 4.83. The first-order valence-electron chi connectivity index (χ1n) is 6.07. The van der Waals surface area contributed by atoms with Crippen LogP contribution < -0.4 is 0 Å². The fourth-order valence-corrected chi connectivity index (χ4v) is 3.76. The van der Waals surface area contributed by atoms with Crippen LogP contribution in [-0.2, 0) is 12.8 Å². The van der Waals surface area contributed by atoms with E-state index in [1.165, 1.54) is 39.1 Å². The first-order valence-corrected chi connectivity index (χ1v) is 7.24. The minimum atomic E-state index is 0.856. The third-order valence-electron chi connectivity index (χ3n) is 3.89. The van der Waals surface area contributed by atoms with E-state index in [4.69, 9.17) is 11.6 Å². The largest absolute Gasteiger partial charge is 0.0824 e. The van der Waals surface area contributed by atoms with E-state index in [0.29, 0.717) is 0 Å². The third-order valence-corrected chi connectivity index (χ3v) is 5.39. The number of hydrogen-bond acceptors (Lipinski definition) is 0. The molecule has 0 atom stereocenters. The third kappa shape index (κ3) is 1.32. The van der Waals surface area contributed by atoms with E-state index in [2.05, 4.69) is 52.3 Å². The van der Waals surface area contributed by atoms with E-state index in [1.807, 2.05) is 0 Å². The van der Waals surface area contributed by atoms with Gasteiger partial charge >= 0.3 is 0 Å². The Morgan fingerprint density at radius 3 is 2.11 bits per heavy atom. The predicted molar refractivity (Wildman–Crippen MR) is 81.6 cm³/mol. The van der Waals surface area contributed by atoms with E-state index in [9.17, 15) is 0 Å². The average Bonchev–Trinajstić information content (AvgIpc) is 2.34. The van der Waals surface area contributed by atoms with E-state index < -0.39 is 0 Å². The first kappa shape index (κ1) is 10.8. The van der Waals surface area contributed by atoms with Crippen molar-refractivity contribution < 1.29 is 0 Å². The lowest BCUT2D eigenvalue weighted by Crippen LogP contribution is -2.10. The van der Waals surface area contributed by atoms with Crippen LogP contribution in [0.15, 0.2) is 40.9 Å². The lowest BCUT2D eigenvalue weighted by atomic mass is 9.83. The molecule has 1 aliphatic rings. The van der Waals surface area contributed by atoms with E-state index in [1.54, 1.807) is 0 Å². The number of halogens is 2. The van der Waals surface area contributed by atoms with Gasteiger partial charge in [-0.1, -0.05) is 35.9 Å². The molecular formula is C16H10BrCl. The van der Waals surface area contributed by atoms with Crippen molar-refractivity contribution in [3.8, 4) is 0 Å². The maximum atomic E-state index is 6.49. The van der Waals surface area contributed by atoms with Crippen molar-refractivity contribution in [2.75, 3.05) is 0 Å². The second kappa shape index (κ2) is 3.72. The highest BCUT2D eigenvalue weighted by Gasteiger charge is 2.23. The van der Waals surface area contributed by atoms with Gasteiger partial charge in [0.05, 0.1) is 5.02 Å². The zero-order valence-electron chi connectivity index (χ0n) is 9.63. The van der Waals surface area contributed by atoms with Gasteiger partial charge in [0.25, 0.3) is 0 Å². The highest BCUT2D eigenvalue weighted by Crippen LogP contribution is 2.43. The first-order chi connectivity index (χ1) is 8.75. The number of fused-ring (bicyclic) bond motifs is 4. The van der Waals surface area contributed by atoms with E-state index >= 15 is 0 Å². The molecule has 0 amide bonds. The zero-order valence-corrected chi connectivity index (χ0v) is 12.0. The molecule has 0 aliphatic heterocycles. The fourth-order valence-electron chi connectivity index (χ4n) is 2.84. The normalized spacial score (nSPS) is 13.7. The van der Waals surface area contributed by atoms with E-state index in [-0.39, 0.29) is 0 Å². The van der Waals surface area contributed by atoms with Crippen LogP contribution in [0, 0.1) is 0 Å². The van der Waals surface area contributed by atoms with Crippen molar-refractivity contribution in [3.63, 3.8) is 0 Å². The molecule has 2 heteroatoms. The van der Waals surface area contributed by atoms with Crippen molar-refractivity contribution in [1.82, 2.24) is 0 Å². The standard InChI is InChI=1S/C16H10BrCl/c17-15-12-6-5-11(12)13-7-9-3-1-2-4-10(9)8-14(13)16(15)18/h1-4,7-8H,5-6H2. The van der Waals surface area contributed by atoms with Gasteiger partial charge in [-0.2, -0.15) is 0 Å². The van der Waals surface area contributed by atoms with Crippen molar-refractivity contribution in [2.45, 2.75) is 12.8 Å². The Hall–Kier alpha value is -1.05. The van der Waals surface area contributed by atoms with Gasteiger partial charge in [-0.15, -0.1) is 0 Å². The summed E-state index contributed by atoms with van der Waals surface area (Å²) in [6, 6.07) is 12.9. The highest BCUT2D eigenvalue weighted by molar-refractivity contribution is 9.10. The molecule has 0 spiro atoms. The molecule has 0 N–H and O–H groups in total. The van der Waals surface area contributed by atoms with Crippen LogP contribution in [-0.4, -0.2) is 0 Å². The molecule has 0 bridgehead atoms. The smallest absolute Gasteiger partial charge is 0.0629 e. The summed E-state index contributed by atoms with van der Waals surface area (Å²) in [5.41, 5.74) is 2.86. The Balaban J connectivity index is 2.25. The molecule has 4 rings (SSSR count). The summed E-state index contributed by atoms with van der Waals surface area (Å²) in [5.74, 6) is 0. The van der Waals surface area contributed by atoms with Crippen LogP contribution >= 0.6 is 27.5 Å². The summed E-state index contributed by atoms with van der Waals surface area (Å²) in [4.78, 5) is 0.